The highest BCUT2D eigenvalue weighted by molar-refractivity contribution is 6.06. The van der Waals surface area contributed by atoms with Crippen molar-refractivity contribution in [2.24, 2.45) is 16.7 Å². The minimum Gasteiger partial charge on any atom is -0.468 e. The van der Waals surface area contributed by atoms with Gasteiger partial charge in [0.25, 0.3) is 5.91 Å². The van der Waals surface area contributed by atoms with Crippen molar-refractivity contribution in [1.82, 2.24) is 39.9 Å². The first kappa shape index (κ1) is 54.5. The summed E-state index contributed by atoms with van der Waals surface area (Å²) in [4.78, 5) is 79.4. The molecule has 13 rings (SSSR count). The van der Waals surface area contributed by atoms with Crippen LogP contribution in [0.3, 0.4) is 0 Å². The summed E-state index contributed by atoms with van der Waals surface area (Å²) in [5, 5.41) is 4.70. The van der Waals surface area contributed by atoms with E-state index in [0.29, 0.717) is 72.1 Å². The van der Waals surface area contributed by atoms with E-state index in [1.165, 1.54) is 25.7 Å². The molecule has 3 atom stereocenters. The Balaban J connectivity index is 0.652. The smallest absolute Gasteiger partial charge is 0.410 e. The zero-order chi connectivity index (χ0) is 56.7. The summed E-state index contributed by atoms with van der Waals surface area (Å²) >= 11 is 0. The molecule has 8 aliphatic rings. The molecule has 2 bridgehead atoms. The molecule has 2 aromatic heterocycles. The van der Waals surface area contributed by atoms with Crippen molar-refractivity contribution in [2.45, 2.75) is 129 Å². The minimum atomic E-state index is -0.619. The van der Waals surface area contributed by atoms with Crippen LogP contribution in [0.25, 0.3) is 32.9 Å². The van der Waals surface area contributed by atoms with E-state index in [9.17, 15) is 19.2 Å². The Morgan fingerprint density at radius 1 is 0.854 bits per heavy atom. The second-order valence-corrected chi connectivity index (χ2v) is 25.9. The van der Waals surface area contributed by atoms with Gasteiger partial charge < -0.3 is 38.5 Å². The van der Waals surface area contributed by atoms with E-state index >= 15 is 4.39 Å². The van der Waals surface area contributed by atoms with Crippen molar-refractivity contribution in [3.8, 4) is 23.0 Å². The number of halogens is 1. The van der Waals surface area contributed by atoms with Gasteiger partial charge >= 0.3 is 12.1 Å². The van der Waals surface area contributed by atoms with Gasteiger partial charge in [0.15, 0.2) is 12.6 Å². The van der Waals surface area contributed by atoms with Gasteiger partial charge in [-0.1, -0.05) is 25.1 Å². The molecule has 7 fully saturated rings. The Kier molecular flexibility index (Phi) is 14.3. The fourth-order valence-corrected chi connectivity index (χ4v) is 14.8. The van der Waals surface area contributed by atoms with Crippen molar-refractivity contribution < 1.29 is 42.5 Å². The Morgan fingerprint density at radius 3 is 2.33 bits per heavy atom. The number of nitrogens with zero attached hydrogens (tertiary/aromatic N) is 9. The van der Waals surface area contributed by atoms with Gasteiger partial charge in [0.05, 0.1) is 24.1 Å². The summed E-state index contributed by atoms with van der Waals surface area (Å²) < 4.78 is 41.5. The Hall–Kier alpha value is -6.70. The Labute approximate surface area is 478 Å². The first-order valence-electron chi connectivity index (χ1n) is 29.9. The van der Waals surface area contributed by atoms with Crippen LogP contribution < -0.4 is 24.6 Å². The van der Waals surface area contributed by atoms with Crippen molar-refractivity contribution in [2.75, 3.05) is 95.8 Å². The second kappa shape index (κ2) is 21.5. The van der Waals surface area contributed by atoms with Crippen molar-refractivity contribution in [1.29, 1.82) is 0 Å². The van der Waals surface area contributed by atoms with Gasteiger partial charge in [-0.05, 0) is 162 Å². The Bertz CT molecular complexity index is 3310. The largest absolute Gasteiger partial charge is 0.468 e. The number of hydrogen-bond acceptors (Lipinski definition) is 15. The van der Waals surface area contributed by atoms with Gasteiger partial charge in [0.2, 0.25) is 11.8 Å². The number of carbonyl (C=O) groups excluding carboxylic acids is 4. The number of imide groups is 1. The van der Waals surface area contributed by atoms with Crippen LogP contribution in [-0.2, 0) is 32.0 Å². The first-order chi connectivity index (χ1) is 39.5. The molecule has 5 saturated heterocycles. The number of aryl methyl sites for hydroxylation is 1. The summed E-state index contributed by atoms with van der Waals surface area (Å²) in [6, 6.07) is 15.3. The molecule has 2 aliphatic carbocycles. The lowest BCUT2D eigenvalue weighted by Crippen LogP contribution is -2.57. The molecule has 8 heterocycles. The molecule has 5 aromatic rings. The lowest BCUT2D eigenvalue weighted by atomic mass is 9.57. The molecule has 6 aliphatic heterocycles. The summed E-state index contributed by atoms with van der Waals surface area (Å²) in [5.41, 5.74) is 4.47. The number of piperazine rings is 2. The molecular formula is C63H77FN10O8. The van der Waals surface area contributed by atoms with Gasteiger partial charge in [0.1, 0.15) is 34.4 Å². The van der Waals surface area contributed by atoms with Crippen LogP contribution in [0.15, 0.2) is 54.7 Å². The lowest BCUT2D eigenvalue weighted by Gasteiger charge is -2.54. The van der Waals surface area contributed by atoms with E-state index in [1.54, 1.807) is 18.2 Å². The second-order valence-electron chi connectivity index (χ2n) is 25.9. The summed E-state index contributed by atoms with van der Waals surface area (Å²) in [6.45, 7) is 17.7. The summed E-state index contributed by atoms with van der Waals surface area (Å²) in [7, 11) is 1.57. The third-order valence-corrected chi connectivity index (χ3v) is 19.2. The number of hydrogen-bond donors (Lipinski definition) is 1. The molecule has 0 radical (unpaired) electrons. The molecule has 1 N–H and O–H groups in total. The number of rotatable bonds is 15. The van der Waals surface area contributed by atoms with E-state index in [0.717, 1.165) is 112 Å². The number of fused-ring (bicyclic) bond motifs is 5. The standard InChI is InChI=1S/C63H77FN10O8/c1-6-40-8-7-9-41-27-46(81-38-79-5)28-48(52(40)41)54-53(64)55-49(31-65-54)56(72-34-44-10-11-45(35-72)74(44)60(78)82-61(2,3)4)68-59(67-55)80-37-63(16-17-63)36-70-20-18-62(19-21-70)29-39(30-62)32-69-22-24-71(25-23-69)43-12-13-47-42(26-43)33-73(58(47)77)50-14-15-51(75)66-57(50)76/h7-9,12-13,26-28,31,39,44-45,50H,6,10-11,14-25,29-30,32-38H2,1-5H3,(H,66,75,76)/t44?,45?,50-/m0/s1. The number of benzene rings is 3. The number of methoxy groups -OCH3 is 1. The zero-order valence-electron chi connectivity index (χ0n) is 48.1. The number of ether oxygens (including phenoxy) is 4. The maximum atomic E-state index is 17.7. The van der Waals surface area contributed by atoms with Crippen LogP contribution in [0.2, 0.25) is 0 Å². The molecule has 18 nitrogen and oxygen atoms in total. The van der Waals surface area contributed by atoms with Crippen LogP contribution >= 0.6 is 0 Å². The average molecular weight is 1120 g/mol. The molecule has 3 aromatic carbocycles. The van der Waals surface area contributed by atoms with Crippen LogP contribution in [0.1, 0.15) is 113 Å². The van der Waals surface area contributed by atoms with E-state index in [-0.39, 0.29) is 71.7 Å². The monoisotopic (exact) mass is 1120 g/mol. The number of piperidine rings is 2. The molecule has 82 heavy (non-hydrogen) atoms. The minimum absolute atomic E-state index is 0.0289. The molecule has 2 saturated carbocycles. The number of aromatic nitrogens is 3. The van der Waals surface area contributed by atoms with E-state index in [1.807, 2.05) is 62.1 Å². The van der Waals surface area contributed by atoms with Crippen LogP contribution in [0, 0.1) is 22.6 Å². The van der Waals surface area contributed by atoms with E-state index < -0.39 is 17.5 Å². The quantitative estimate of drug-likeness (QED) is 0.0782. The first-order valence-corrected chi connectivity index (χ1v) is 29.9. The Morgan fingerprint density at radius 2 is 1.62 bits per heavy atom. The van der Waals surface area contributed by atoms with Gasteiger partial charge in [-0.25, -0.2) is 9.18 Å². The fraction of sp³-hybridized carbons (Fsp3) is 0.571. The van der Waals surface area contributed by atoms with Crippen molar-refractivity contribution in [3.63, 3.8) is 0 Å². The van der Waals surface area contributed by atoms with Crippen molar-refractivity contribution in [3.05, 3.63) is 77.2 Å². The van der Waals surface area contributed by atoms with Crippen LogP contribution in [0.5, 0.6) is 11.8 Å². The third-order valence-electron chi connectivity index (χ3n) is 19.2. The van der Waals surface area contributed by atoms with Gasteiger partial charge in [-0.3, -0.25) is 34.5 Å². The maximum absolute atomic E-state index is 17.7. The highest BCUT2D eigenvalue weighted by atomic mass is 19.1. The third kappa shape index (κ3) is 10.6. The number of likely N-dealkylation sites (tertiary alicyclic amines) is 1. The highest BCUT2D eigenvalue weighted by Gasteiger charge is 2.50. The lowest BCUT2D eigenvalue weighted by molar-refractivity contribution is -0.136. The van der Waals surface area contributed by atoms with Gasteiger partial charge in [-0.2, -0.15) is 9.97 Å². The topological polar surface area (TPSA) is 175 Å². The summed E-state index contributed by atoms with van der Waals surface area (Å²) in [5.74, 6) is 0.456. The molecule has 4 amide bonds. The van der Waals surface area contributed by atoms with Crippen LogP contribution in [0.4, 0.5) is 20.7 Å². The maximum Gasteiger partial charge on any atom is 0.410 e. The number of nitrogens with one attached hydrogen (secondary N) is 1. The number of anilines is 2. The summed E-state index contributed by atoms with van der Waals surface area (Å²) in [6.07, 6.45) is 11.5. The van der Waals surface area contributed by atoms with E-state index in [2.05, 4.69) is 44.0 Å². The fourth-order valence-electron chi connectivity index (χ4n) is 14.8. The SMILES string of the molecule is CCc1cccc2cc(OCOC)cc(-c3ncc4c(N5CC6CCC(C5)N6C(=O)OC(C)(C)C)nc(OCC5(CN6CCC7(CC6)CC(CN6CCN(c8ccc9c(c8)CN([C@H]8CCC(=O)NC8=O)C9=O)CC6)C7)CC5)nc4c3F)c12. The van der Waals surface area contributed by atoms with E-state index in [4.69, 9.17) is 33.9 Å². The van der Waals surface area contributed by atoms with Crippen molar-refractivity contribution >= 4 is 57.0 Å². The number of pyridine rings is 1. The van der Waals surface area contributed by atoms with Gasteiger partial charge in [0, 0.05) is 101 Å². The average Bonchev–Trinajstić information content (AvgIpc) is 4.11. The highest BCUT2D eigenvalue weighted by Crippen LogP contribution is 2.54. The van der Waals surface area contributed by atoms with Crippen LogP contribution in [-0.4, -0.2) is 168 Å². The normalized spacial score (nSPS) is 23.6. The predicted molar refractivity (Wildman–Crippen MR) is 308 cm³/mol. The number of carbonyl (C=O) groups is 4. The molecular weight excluding hydrogens is 1040 g/mol. The zero-order valence-corrected chi connectivity index (χ0v) is 48.1. The predicted octanol–water partition coefficient (Wildman–Crippen LogP) is 8.35. The van der Waals surface area contributed by atoms with Gasteiger partial charge in [-0.15, -0.1) is 0 Å². The molecule has 434 valence electrons. The number of amides is 4. The molecule has 2 unspecified atom stereocenters. The molecule has 1 spiro atoms. The molecule has 19 heteroatoms.